The van der Waals surface area contributed by atoms with Crippen LogP contribution in [0, 0.1) is 18.3 Å². The van der Waals surface area contributed by atoms with Gasteiger partial charge in [-0.15, -0.1) is 0 Å². The number of fused-ring (bicyclic) bond motifs is 1. The summed E-state index contributed by atoms with van der Waals surface area (Å²) in [6.45, 7) is 1.87. The minimum Gasteiger partial charge on any atom is -0.478 e. The molecule has 1 aromatic heterocycles. The summed E-state index contributed by atoms with van der Waals surface area (Å²) in [5.41, 5.74) is 2.83. The SMILES string of the molecule is Cc1[nH]c2ccccc2c1/C=C(/C#N)C(=O)Nc1cccc(C(=O)O)c1. The molecule has 0 unspecified atom stereocenters. The molecule has 3 N–H and O–H groups in total. The Morgan fingerprint density at radius 1 is 1.19 bits per heavy atom. The van der Waals surface area contributed by atoms with E-state index in [0.717, 1.165) is 22.2 Å². The lowest BCUT2D eigenvalue weighted by Crippen LogP contribution is -2.14. The van der Waals surface area contributed by atoms with Crippen molar-refractivity contribution >= 4 is 34.5 Å². The summed E-state index contributed by atoms with van der Waals surface area (Å²) in [6, 6.07) is 15.4. The molecule has 6 heteroatoms. The summed E-state index contributed by atoms with van der Waals surface area (Å²) in [5, 5.41) is 21.9. The van der Waals surface area contributed by atoms with Crippen LogP contribution in [0.1, 0.15) is 21.6 Å². The number of carboxylic acids is 1. The molecule has 0 fully saturated rings. The molecule has 0 saturated heterocycles. The third-order valence-corrected chi connectivity index (χ3v) is 3.96. The molecule has 0 atom stereocenters. The topological polar surface area (TPSA) is 106 Å². The van der Waals surface area contributed by atoms with Crippen LogP contribution >= 0.6 is 0 Å². The predicted molar refractivity (Wildman–Crippen MR) is 98.7 cm³/mol. The lowest BCUT2D eigenvalue weighted by Gasteiger charge is -2.05. The average Bonchev–Trinajstić information content (AvgIpc) is 2.94. The minimum atomic E-state index is -1.09. The maximum atomic E-state index is 12.4. The van der Waals surface area contributed by atoms with E-state index >= 15 is 0 Å². The molecule has 1 heterocycles. The molecule has 0 aliphatic heterocycles. The molecule has 0 saturated carbocycles. The lowest BCUT2D eigenvalue weighted by molar-refractivity contribution is -0.112. The number of carbonyl (C=O) groups is 2. The second-order valence-corrected chi connectivity index (χ2v) is 5.72. The van der Waals surface area contributed by atoms with E-state index in [1.54, 1.807) is 6.07 Å². The standard InChI is InChI=1S/C20H15N3O3/c1-12-17(16-7-2-3-8-18(16)22-12)10-14(11-21)19(24)23-15-6-4-5-13(9-15)20(25)26/h2-10,22H,1H3,(H,23,24)(H,25,26)/b14-10-. The van der Waals surface area contributed by atoms with Gasteiger partial charge in [0.2, 0.25) is 0 Å². The molecular weight excluding hydrogens is 330 g/mol. The van der Waals surface area contributed by atoms with Crippen LogP contribution in [0.3, 0.4) is 0 Å². The Bertz CT molecular complexity index is 1090. The predicted octanol–water partition coefficient (Wildman–Crippen LogP) is 3.72. The lowest BCUT2D eigenvalue weighted by atomic mass is 10.1. The fourth-order valence-electron chi connectivity index (χ4n) is 2.71. The average molecular weight is 345 g/mol. The smallest absolute Gasteiger partial charge is 0.335 e. The van der Waals surface area contributed by atoms with Gasteiger partial charge in [-0.1, -0.05) is 24.3 Å². The van der Waals surface area contributed by atoms with E-state index in [1.165, 1.54) is 24.3 Å². The van der Waals surface area contributed by atoms with Crippen molar-refractivity contribution in [3.05, 3.63) is 70.9 Å². The van der Waals surface area contributed by atoms with Crippen molar-refractivity contribution in [2.75, 3.05) is 5.32 Å². The molecule has 26 heavy (non-hydrogen) atoms. The Morgan fingerprint density at radius 3 is 2.69 bits per heavy atom. The third-order valence-electron chi connectivity index (χ3n) is 3.96. The fraction of sp³-hybridized carbons (Fsp3) is 0.0500. The Balaban J connectivity index is 1.93. The zero-order chi connectivity index (χ0) is 18.7. The highest BCUT2D eigenvalue weighted by Gasteiger charge is 2.13. The van der Waals surface area contributed by atoms with E-state index in [0.29, 0.717) is 5.69 Å². The largest absolute Gasteiger partial charge is 0.478 e. The van der Waals surface area contributed by atoms with Gasteiger partial charge >= 0.3 is 5.97 Å². The summed E-state index contributed by atoms with van der Waals surface area (Å²) < 4.78 is 0. The Labute approximate surface area is 149 Å². The van der Waals surface area contributed by atoms with Gasteiger partial charge < -0.3 is 15.4 Å². The second-order valence-electron chi connectivity index (χ2n) is 5.72. The van der Waals surface area contributed by atoms with E-state index in [4.69, 9.17) is 5.11 Å². The minimum absolute atomic E-state index is 0.0535. The number of aromatic nitrogens is 1. The first-order chi connectivity index (χ1) is 12.5. The molecule has 3 rings (SSSR count). The van der Waals surface area contributed by atoms with E-state index < -0.39 is 11.9 Å². The fourth-order valence-corrected chi connectivity index (χ4v) is 2.71. The van der Waals surface area contributed by atoms with Crippen LogP contribution in [0.5, 0.6) is 0 Å². The number of para-hydroxylation sites is 1. The number of aryl methyl sites for hydroxylation is 1. The van der Waals surface area contributed by atoms with Crippen molar-refractivity contribution in [3.63, 3.8) is 0 Å². The molecular formula is C20H15N3O3. The number of aromatic carboxylic acids is 1. The van der Waals surface area contributed by atoms with E-state index in [9.17, 15) is 14.9 Å². The second kappa shape index (κ2) is 6.95. The summed E-state index contributed by atoms with van der Waals surface area (Å²) in [7, 11) is 0. The number of carboxylic acid groups (broad SMARTS) is 1. The Hall–Kier alpha value is -3.85. The number of nitrogens with one attached hydrogen (secondary N) is 2. The summed E-state index contributed by atoms with van der Waals surface area (Å²) >= 11 is 0. The maximum Gasteiger partial charge on any atom is 0.335 e. The van der Waals surface area contributed by atoms with Gasteiger partial charge in [-0.3, -0.25) is 4.79 Å². The van der Waals surface area contributed by atoms with Crippen molar-refractivity contribution in [2.45, 2.75) is 6.92 Å². The molecule has 0 radical (unpaired) electrons. The first kappa shape index (κ1) is 17.0. The molecule has 0 aliphatic carbocycles. The number of rotatable bonds is 4. The number of benzene rings is 2. The van der Waals surface area contributed by atoms with E-state index in [1.807, 2.05) is 37.3 Å². The number of hydrogen-bond acceptors (Lipinski definition) is 3. The van der Waals surface area contributed by atoms with Crippen LogP contribution in [0.4, 0.5) is 5.69 Å². The van der Waals surface area contributed by atoms with Crippen LogP contribution in [0.25, 0.3) is 17.0 Å². The Kier molecular flexibility index (Phi) is 4.54. The number of carbonyl (C=O) groups excluding carboxylic acids is 1. The number of amides is 1. The summed E-state index contributed by atoms with van der Waals surface area (Å²) in [6.07, 6.45) is 1.53. The number of anilines is 1. The van der Waals surface area contributed by atoms with Crippen LogP contribution in [0.2, 0.25) is 0 Å². The quantitative estimate of drug-likeness (QED) is 0.495. The number of nitriles is 1. The van der Waals surface area contributed by atoms with Gasteiger partial charge in [-0.25, -0.2) is 4.79 Å². The molecule has 0 bridgehead atoms. The van der Waals surface area contributed by atoms with Crippen molar-refractivity contribution in [1.82, 2.24) is 4.98 Å². The zero-order valence-corrected chi connectivity index (χ0v) is 13.9. The first-order valence-corrected chi connectivity index (χ1v) is 7.83. The molecule has 2 aromatic carbocycles. The van der Waals surface area contributed by atoms with Crippen LogP contribution in [-0.2, 0) is 4.79 Å². The number of hydrogen-bond donors (Lipinski definition) is 3. The van der Waals surface area contributed by atoms with Crippen LogP contribution in [0.15, 0.2) is 54.1 Å². The summed E-state index contributed by atoms with van der Waals surface area (Å²) in [4.78, 5) is 26.7. The van der Waals surface area contributed by atoms with Crippen LogP contribution in [-0.4, -0.2) is 22.0 Å². The highest BCUT2D eigenvalue weighted by molar-refractivity contribution is 6.11. The van der Waals surface area contributed by atoms with Crippen molar-refractivity contribution in [1.29, 1.82) is 5.26 Å². The van der Waals surface area contributed by atoms with Crippen molar-refractivity contribution in [2.24, 2.45) is 0 Å². The molecule has 1 amide bonds. The molecule has 128 valence electrons. The van der Waals surface area contributed by atoms with Gasteiger partial charge in [0.25, 0.3) is 5.91 Å². The molecule has 0 aliphatic rings. The highest BCUT2D eigenvalue weighted by Crippen LogP contribution is 2.24. The van der Waals surface area contributed by atoms with Gasteiger partial charge in [0, 0.05) is 27.8 Å². The monoisotopic (exact) mass is 345 g/mol. The van der Waals surface area contributed by atoms with E-state index in [-0.39, 0.29) is 11.1 Å². The van der Waals surface area contributed by atoms with E-state index in [2.05, 4.69) is 10.3 Å². The first-order valence-electron chi connectivity index (χ1n) is 7.83. The van der Waals surface area contributed by atoms with Gasteiger partial charge in [-0.2, -0.15) is 5.26 Å². The molecule has 0 spiro atoms. The van der Waals surface area contributed by atoms with Crippen molar-refractivity contribution < 1.29 is 14.7 Å². The highest BCUT2D eigenvalue weighted by atomic mass is 16.4. The van der Waals surface area contributed by atoms with Gasteiger partial charge in [0.15, 0.2) is 0 Å². The molecule has 3 aromatic rings. The number of H-pyrrole nitrogens is 1. The van der Waals surface area contributed by atoms with Crippen molar-refractivity contribution in [3.8, 4) is 6.07 Å². The number of aromatic amines is 1. The normalized spacial score (nSPS) is 11.2. The number of nitrogens with zero attached hydrogens (tertiary/aromatic N) is 1. The molecule has 6 nitrogen and oxygen atoms in total. The summed E-state index contributed by atoms with van der Waals surface area (Å²) in [5.74, 6) is -1.69. The third kappa shape index (κ3) is 3.32. The van der Waals surface area contributed by atoms with Crippen LogP contribution < -0.4 is 5.32 Å². The maximum absolute atomic E-state index is 12.4. The van der Waals surface area contributed by atoms with Gasteiger partial charge in [0.1, 0.15) is 11.6 Å². The zero-order valence-electron chi connectivity index (χ0n) is 13.9. The van der Waals surface area contributed by atoms with Gasteiger partial charge in [-0.05, 0) is 37.3 Å². The van der Waals surface area contributed by atoms with Gasteiger partial charge in [0.05, 0.1) is 5.56 Å². The Morgan fingerprint density at radius 2 is 1.96 bits per heavy atom.